The number of rotatable bonds is 6. The molecule has 0 saturated carbocycles. The average Bonchev–Trinajstić information content (AvgIpc) is 3.30. The third-order valence-corrected chi connectivity index (χ3v) is 5.37. The van der Waals surface area contributed by atoms with Crippen molar-refractivity contribution in [2.24, 2.45) is 0 Å². The van der Waals surface area contributed by atoms with E-state index >= 15 is 0 Å². The summed E-state index contributed by atoms with van der Waals surface area (Å²) in [6.07, 6.45) is 0. The molecule has 4 rings (SSSR count). The SMILES string of the molecule is Cc1ccc(-c2ccc(CO)o2)cc1NC(=O)c1ccc(N2CCOCC2)c([N+](=O)[O-])c1. The minimum Gasteiger partial charge on any atom is -0.459 e. The molecule has 0 spiro atoms. The van der Waals surface area contributed by atoms with Crippen molar-refractivity contribution in [3.63, 3.8) is 0 Å². The smallest absolute Gasteiger partial charge is 0.293 e. The van der Waals surface area contributed by atoms with Gasteiger partial charge in [-0.15, -0.1) is 0 Å². The number of amides is 1. The molecule has 1 fully saturated rings. The van der Waals surface area contributed by atoms with E-state index < -0.39 is 10.8 Å². The first kappa shape index (κ1) is 21.5. The summed E-state index contributed by atoms with van der Waals surface area (Å²) < 4.78 is 10.9. The van der Waals surface area contributed by atoms with Crippen LogP contribution in [0.2, 0.25) is 0 Å². The summed E-state index contributed by atoms with van der Waals surface area (Å²) in [6, 6.07) is 13.4. The van der Waals surface area contributed by atoms with Gasteiger partial charge in [0, 0.05) is 36.0 Å². The van der Waals surface area contributed by atoms with Gasteiger partial charge < -0.3 is 24.5 Å². The van der Waals surface area contributed by atoms with Gasteiger partial charge in [0.1, 0.15) is 23.8 Å². The molecule has 0 radical (unpaired) electrons. The van der Waals surface area contributed by atoms with Crippen molar-refractivity contribution in [2.45, 2.75) is 13.5 Å². The number of hydrogen-bond donors (Lipinski definition) is 2. The monoisotopic (exact) mass is 437 g/mol. The summed E-state index contributed by atoms with van der Waals surface area (Å²) in [5.74, 6) is 0.561. The van der Waals surface area contributed by atoms with E-state index in [9.17, 15) is 20.0 Å². The highest BCUT2D eigenvalue weighted by Gasteiger charge is 2.23. The maximum atomic E-state index is 12.9. The molecule has 2 N–H and O–H groups in total. The average molecular weight is 437 g/mol. The van der Waals surface area contributed by atoms with E-state index in [2.05, 4.69) is 5.32 Å². The Labute approximate surface area is 184 Å². The topological polar surface area (TPSA) is 118 Å². The van der Waals surface area contributed by atoms with Crippen molar-refractivity contribution in [2.75, 3.05) is 36.5 Å². The molecular formula is C23H23N3O6. The Hall–Kier alpha value is -3.69. The van der Waals surface area contributed by atoms with Crippen molar-refractivity contribution in [1.29, 1.82) is 0 Å². The highest BCUT2D eigenvalue weighted by molar-refractivity contribution is 6.05. The molecule has 9 heteroatoms. The fourth-order valence-electron chi connectivity index (χ4n) is 3.61. The molecule has 0 unspecified atom stereocenters. The number of ether oxygens (including phenoxy) is 1. The van der Waals surface area contributed by atoms with Crippen LogP contribution in [-0.2, 0) is 11.3 Å². The Morgan fingerprint density at radius 1 is 1.16 bits per heavy atom. The number of morpholine rings is 1. The van der Waals surface area contributed by atoms with Gasteiger partial charge in [-0.1, -0.05) is 12.1 Å². The number of hydrogen-bond acceptors (Lipinski definition) is 7. The first-order valence-corrected chi connectivity index (χ1v) is 10.2. The Morgan fingerprint density at radius 2 is 1.94 bits per heavy atom. The zero-order valence-corrected chi connectivity index (χ0v) is 17.5. The zero-order valence-electron chi connectivity index (χ0n) is 17.5. The van der Waals surface area contributed by atoms with Gasteiger partial charge in [-0.2, -0.15) is 0 Å². The molecule has 1 aliphatic rings. The van der Waals surface area contributed by atoms with Crippen molar-refractivity contribution < 1.29 is 24.0 Å². The third-order valence-electron chi connectivity index (χ3n) is 5.37. The van der Waals surface area contributed by atoms with Crippen molar-refractivity contribution >= 4 is 23.0 Å². The second kappa shape index (κ2) is 9.21. The molecule has 1 amide bonds. The van der Waals surface area contributed by atoms with E-state index in [1.54, 1.807) is 30.3 Å². The maximum Gasteiger partial charge on any atom is 0.293 e. The molecule has 166 valence electrons. The highest BCUT2D eigenvalue weighted by atomic mass is 16.6. The number of nitrogens with one attached hydrogen (secondary N) is 1. The fourth-order valence-corrected chi connectivity index (χ4v) is 3.61. The molecule has 32 heavy (non-hydrogen) atoms. The third kappa shape index (κ3) is 4.48. The van der Waals surface area contributed by atoms with Crippen LogP contribution in [0.5, 0.6) is 0 Å². The maximum absolute atomic E-state index is 12.9. The lowest BCUT2D eigenvalue weighted by Gasteiger charge is -2.28. The number of aryl methyl sites for hydroxylation is 1. The molecule has 2 heterocycles. The van der Waals surface area contributed by atoms with Crippen LogP contribution in [0.15, 0.2) is 52.9 Å². The van der Waals surface area contributed by atoms with E-state index in [1.807, 2.05) is 24.0 Å². The minimum absolute atomic E-state index is 0.114. The van der Waals surface area contributed by atoms with Gasteiger partial charge in [-0.3, -0.25) is 14.9 Å². The van der Waals surface area contributed by atoms with Crippen LogP contribution >= 0.6 is 0 Å². The predicted molar refractivity (Wildman–Crippen MR) is 119 cm³/mol. The Morgan fingerprint density at radius 3 is 2.62 bits per heavy atom. The first-order chi connectivity index (χ1) is 15.5. The fraction of sp³-hybridized carbons (Fsp3) is 0.261. The van der Waals surface area contributed by atoms with Gasteiger partial charge in [0.2, 0.25) is 0 Å². The second-order valence-corrected chi connectivity index (χ2v) is 7.47. The normalized spacial score (nSPS) is 13.8. The summed E-state index contributed by atoms with van der Waals surface area (Å²) in [6.45, 7) is 3.78. The van der Waals surface area contributed by atoms with Crippen molar-refractivity contribution in [3.8, 4) is 11.3 Å². The molecule has 2 aromatic carbocycles. The van der Waals surface area contributed by atoms with E-state index in [0.29, 0.717) is 49.2 Å². The lowest BCUT2D eigenvalue weighted by atomic mass is 10.1. The summed E-state index contributed by atoms with van der Waals surface area (Å²) in [4.78, 5) is 26.0. The van der Waals surface area contributed by atoms with Gasteiger partial charge >= 0.3 is 0 Å². The van der Waals surface area contributed by atoms with Crippen LogP contribution in [-0.4, -0.2) is 42.2 Å². The van der Waals surface area contributed by atoms with Gasteiger partial charge in [0.05, 0.1) is 18.1 Å². The number of aliphatic hydroxyl groups excluding tert-OH is 1. The largest absolute Gasteiger partial charge is 0.459 e. The van der Waals surface area contributed by atoms with Crippen LogP contribution in [0.3, 0.4) is 0 Å². The molecule has 9 nitrogen and oxygen atoms in total. The quantitative estimate of drug-likeness (QED) is 0.445. The second-order valence-electron chi connectivity index (χ2n) is 7.47. The molecule has 1 saturated heterocycles. The summed E-state index contributed by atoms with van der Waals surface area (Å²) in [5, 5.41) is 23.7. The molecule has 0 aliphatic carbocycles. The van der Waals surface area contributed by atoms with Crippen LogP contribution in [0.1, 0.15) is 21.7 Å². The van der Waals surface area contributed by atoms with Crippen LogP contribution in [0.4, 0.5) is 17.1 Å². The number of nitro groups is 1. The van der Waals surface area contributed by atoms with Gasteiger partial charge in [-0.05, 0) is 42.8 Å². The van der Waals surface area contributed by atoms with E-state index in [-0.39, 0.29) is 17.9 Å². The number of anilines is 2. The summed E-state index contributed by atoms with van der Waals surface area (Å²) in [7, 11) is 0. The number of benzene rings is 2. The number of furan rings is 1. The standard InChI is InChI=1S/C23H23N3O6/c1-15-2-3-16(22-7-5-18(14-27)32-22)12-19(15)24-23(28)17-4-6-20(21(13-17)26(29)30)25-8-10-31-11-9-25/h2-7,12-13,27H,8-11,14H2,1H3,(H,24,28). The summed E-state index contributed by atoms with van der Waals surface area (Å²) in [5.41, 5.74) is 2.69. The predicted octanol–water partition coefficient (Wildman–Crippen LogP) is 3.74. The molecule has 3 aromatic rings. The van der Waals surface area contributed by atoms with E-state index in [4.69, 9.17) is 9.15 Å². The van der Waals surface area contributed by atoms with Crippen LogP contribution < -0.4 is 10.2 Å². The lowest BCUT2D eigenvalue weighted by Crippen LogP contribution is -2.36. The van der Waals surface area contributed by atoms with Gasteiger partial charge in [-0.25, -0.2) is 0 Å². The van der Waals surface area contributed by atoms with Crippen molar-refractivity contribution in [3.05, 3.63) is 75.5 Å². The van der Waals surface area contributed by atoms with Gasteiger partial charge in [0.25, 0.3) is 11.6 Å². The number of nitro benzene ring substituents is 1. The number of nitrogens with zero attached hydrogens (tertiary/aromatic N) is 2. The van der Waals surface area contributed by atoms with E-state index in [1.165, 1.54) is 6.07 Å². The summed E-state index contributed by atoms with van der Waals surface area (Å²) >= 11 is 0. The molecule has 0 atom stereocenters. The van der Waals surface area contributed by atoms with Crippen LogP contribution in [0.25, 0.3) is 11.3 Å². The van der Waals surface area contributed by atoms with Crippen molar-refractivity contribution in [1.82, 2.24) is 0 Å². The Balaban J connectivity index is 1.59. The minimum atomic E-state index is -0.469. The molecule has 0 bridgehead atoms. The van der Waals surface area contributed by atoms with Crippen LogP contribution in [0, 0.1) is 17.0 Å². The highest BCUT2D eigenvalue weighted by Crippen LogP contribution is 2.31. The molecule has 1 aromatic heterocycles. The Kier molecular flexibility index (Phi) is 6.20. The first-order valence-electron chi connectivity index (χ1n) is 10.2. The number of carbonyl (C=O) groups is 1. The number of carbonyl (C=O) groups excluding carboxylic acids is 1. The lowest BCUT2D eigenvalue weighted by molar-refractivity contribution is -0.384. The zero-order chi connectivity index (χ0) is 22.7. The van der Waals surface area contributed by atoms with Gasteiger partial charge in [0.15, 0.2) is 0 Å². The van der Waals surface area contributed by atoms with E-state index in [0.717, 1.165) is 11.1 Å². The number of aliphatic hydroxyl groups is 1. The Bertz CT molecular complexity index is 1150. The molecule has 1 aliphatic heterocycles. The molecular weight excluding hydrogens is 414 g/mol.